The van der Waals surface area contributed by atoms with Gasteiger partial charge in [-0.25, -0.2) is 4.57 Å². The molecule has 13 nitrogen and oxygen atoms in total. The molecule has 3 aromatic carbocycles. The first-order chi connectivity index (χ1) is 22.4. The van der Waals surface area contributed by atoms with Crippen molar-refractivity contribution in [3.05, 3.63) is 95.6 Å². The van der Waals surface area contributed by atoms with E-state index >= 15 is 0 Å². The van der Waals surface area contributed by atoms with Crippen LogP contribution in [-0.2, 0) is 64.7 Å². The highest BCUT2D eigenvalue weighted by Crippen LogP contribution is 2.52. The Morgan fingerprint density at radius 1 is 0.660 bits per heavy atom. The molecule has 4 rings (SSSR count). The first-order valence-corrected chi connectivity index (χ1v) is 16.0. The van der Waals surface area contributed by atoms with Crippen LogP contribution in [-0.4, -0.2) is 48.8 Å². The van der Waals surface area contributed by atoms with Crippen LogP contribution in [0.1, 0.15) is 50.5 Å². The van der Waals surface area contributed by atoms with Crippen LogP contribution in [0.3, 0.4) is 0 Å². The maximum Gasteiger partial charge on any atom is 0.475 e. The van der Waals surface area contributed by atoms with Crippen molar-refractivity contribution in [1.29, 1.82) is 0 Å². The smallest absolute Gasteiger partial charge is 0.456 e. The normalized spacial score (nSPS) is 19.1. The third-order valence-electron chi connectivity index (χ3n) is 6.58. The Bertz CT molecular complexity index is 1550. The third kappa shape index (κ3) is 10.6. The standard InChI is InChI=1S/C33H35O13P/c1-21(34)42-27-15-16-28(29(17-27)43-22(2)35)31-33(45-24(4)37)32(44-23(3)36)30(46-31)20-41-47(38,39-18-25-11-7-5-8-12-25)40-19-26-13-9-6-10-14-26/h5-17,30-33H,18-20H2,1-4H3/t30-,31+,32-,33+/m1/s1. The lowest BCUT2D eigenvalue weighted by molar-refractivity contribution is -0.164. The van der Waals surface area contributed by atoms with Crippen molar-refractivity contribution in [2.24, 2.45) is 0 Å². The molecule has 14 heteroatoms. The summed E-state index contributed by atoms with van der Waals surface area (Å²) in [5, 5.41) is 0. The summed E-state index contributed by atoms with van der Waals surface area (Å²) in [6, 6.07) is 22.1. The summed E-state index contributed by atoms with van der Waals surface area (Å²) in [6.07, 6.45) is -4.90. The minimum Gasteiger partial charge on any atom is -0.456 e. The molecule has 0 amide bonds. The van der Waals surface area contributed by atoms with Crippen LogP contribution in [0.15, 0.2) is 78.9 Å². The van der Waals surface area contributed by atoms with Gasteiger partial charge in [0, 0.05) is 39.3 Å². The van der Waals surface area contributed by atoms with Gasteiger partial charge in [-0.3, -0.25) is 32.7 Å². The Labute approximate surface area is 271 Å². The molecule has 0 unspecified atom stereocenters. The lowest BCUT2D eigenvalue weighted by Gasteiger charge is -2.25. The molecule has 3 aromatic rings. The van der Waals surface area contributed by atoms with Gasteiger partial charge in [-0.05, 0) is 23.3 Å². The average molecular weight is 671 g/mol. The van der Waals surface area contributed by atoms with Gasteiger partial charge in [-0.1, -0.05) is 60.7 Å². The summed E-state index contributed by atoms with van der Waals surface area (Å²) in [7, 11) is -4.30. The SMILES string of the molecule is CC(=O)Oc1ccc([C@@H]2O[C@H](COP(=O)(OCc3ccccc3)OCc3ccccc3)[C@@H](OC(C)=O)[C@H]2OC(C)=O)c(OC(C)=O)c1. The van der Waals surface area contributed by atoms with E-state index in [0.717, 1.165) is 13.8 Å². The van der Waals surface area contributed by atoms with E-state index in [1.54, 1.807) is 48.5 Å². The number of esters is 4. The molecule has 0 bridgehead atoms. The molecule has 0 aliphatic carbocycles. The van der Waals surface area contributed by atoms with Gasteiger partial charge in [-0.2, -0.15) is 0 Å². The molecular formula is C33H35O13P. The van der Waals surface area contributed by atoms with Crippen LogP contribution >= 0.6 is 7.82 Å². The fourth-order valence-corrected chi connectivity index (χ4v) is 5.89. The summed E-state index contributed by atoms with van der Waals surface area (Å²) in [6.45, 7) is 3.98. The number of hydrogen-bond acceptors (Lipinski definition) is 13. The van der Waals surface area contributed by atoms with E-state index in [9.17, 15) is 23.7 Å². The maximum atomic E-state index is 13.9. The molecule has 1 aliphatic rings. The summed E-state index contributed by atoms with van der Waals surface area (Å²) < 4.78 is 58.9. The minimum atomic E-state index is -4.30. The second-order valence-corrected chi connectivity index (χ2v) is 12.1. The van der Waals surface area contributed by atoms with E-state index < -0.39 is 62.7 Å². The number of benzene rings is 3. The predicted molar refractivity (Wildman–Crippen MR) is 164 cm³/mol. The van der Waals surface area contributed by atoms with E-state index in [1.165, 1.54) is 32.0 Å². The Morgan fingerprint density at radius 2 is 1.19 bits per heavy atom. The zero-order valence-electron chi connectivity index (χ0n) is 26.2. The van der Waals surface area contributed by atoms with Gasteiger partial charge in [0.05, 0.1) is 19.8 Å². The monoisotopic (exact) mass is 670 g/mol. The van der Waals surface area contributed by atoms with E-state index in [4.69, 9.17) is 37.3 Å². The van der Waals surface area contributed by atoms with Crippen molar-refractivity contribution in [2.45, 2.75) is 65.3 Å². The molecule has 0 aromatic heterocycles. The summed E-state index contributed by atoms with van der Waals surface area (Å²) in [5.41, 5.74) is 1.62. The van der Waals surface area contributed by atoms with Crippen molar-refractivity contribution >= 4 is 31.7 Å². The lowest BCUT2D eigenvalue weighted by atomic mass is 10.00. The zero-order valence-corrected chi connectivity index (χ0v) is 27.1. The fourth-order valence-electron chi connectivity index (χ4n) is 4.72. The maximum absolute atomic E-state index is 13.9. The second kappa shape index (κ2) is 16.4. The van der Waals surface area contributed by atoms with Gasteiger partial charge < -0.3 is 23.7 Å². The van der Waals surface area contributed by atoms with Crippen LogP contribution in [0.25, 0.3) is 0 Å². The molecule has 250 valence electrons. The molecule has 1 fully saturated rings. The zero-order chi connectivity index (χ0) is 34.0. The summed E-state index contributed by atoms with van der Waals surface area (Å²) in [4.78, 5) is 48.0. The van der Waals surface area contributed by atoms with Crippen molar-refractivity contribution in [3.8, 4) is 11.5 Å². The number of phosphoric acid groups is 1. The highest BCUT2D eigenvalue weighted by molar-refractivity contribution is 7.48. The first kappa shape index (κ1) is 35.5. The van der Waals surface area contributed by atoms with E-state index in [0.29, 0.717) is 11.1 Å². The number of carbonyl (C=O) groups excluding carboxylic acids is 4. The average Bonchev–Trinajstić information content (AvgIpc) is 3.34. The predicted octanol–water partition coefficient (Wildman–Crippen LogP) is 5.40. The number of rotatable bonds is 14. The fraction of sp³-hybridized carbons (Fsp3) is 0.333. The lowest BCUT2D eigenvalue weighted by Crippen LogP contribution is -2.39. The molecule has 1 aliphatic heterocycles. The largest absolute Gasteiger partial charge is 0.475 e. The Kier molecular flexibility index (Phi) is 12.4. The van der Waals surface area contributed by atoms with Crippen molar-refractivity contribution in [2.75, 3.05) is 6.61 Å². The van der Waals surface area contributed by atoms with Crippen LogP contribution in [0.4, 0.5) is 0 Å². The Hall–Kier alpha value is -4.39. The minimum absolute atomic E-state index is 0.0652. The van der Waals surface area contributed by atoms with E-state index in [-0.39, 0.29) is 30.3 Å². The topological polar surface area (TPSA) is 159 Å². The Morgan fingerprint density at radius 3 is 1.70 bits per heavy atom. The van der Waals surface area contributed by atoms with Gasteiger partial charge >= 0.3 is 31.7 Å². The number of carbonyl (C=O) groups is 4. The molecule has 0 N–H and O–H groups in total. The van der Waals surface area contributed by atoms with Crippen LogP contribution in [0.5, 0.6) is 11.5 Å². The number of ether oxygens (including phenoxy) is 5. The van der Waals surface area contributed by atoms with Gasteiger partial charge in [0.15, 0.2) is 12.2 Å². The molecule has 0 spiro atoms. The van der Waals surface area contributed by atoms with Gasteiger partial charge in [0.2, 0.25) is 0 Å². The number of phosphoric ester groups is 1. The third-order valence-corrected chi connectivity index (χ3v) is 7.94. The van der Waals surface area contributed by atoms with Gasteiger partial charge in [0.25, 0.3) is 0 Å². The van der Waals surface area contributed by atoms with Gasteiger partial charge in [0.1, 0.15) is 23.7 Å². The van der Waals surface area contributed by atoms with Crippen LogP contribution in [0.2, 0.25) is 0 Å². The highest BCUT2D eigenvalue weighted by atomic mass is 31.2. The second-order valence-electron chi connectivity index (χ2n) is 10.4. The molecule has 47 heavy (non-hydrogen) atoms. The molecule has 0 saturated carbocycles. The van der Waals surface area contributed by atoms with Crippen LogP contribution < -0.4 is 9.47 Å². The van der Waals surface area contributed by atoms with Crippen molar-refractivity contribution in [1.82, 2.24) is 0 Å². The Balaban J connectivity index is 1.64. The highest BCUT2D eigenvalue weighted by Gasteiger charge is 2.51. The van der Waals surface area contributed by atoms with E-state index in [2.05, 4.69) is 0 Å². The molecule has 1 saturated heterocycles. The van der Waals surface area contributed by atoms with Crippen molar-refractivity contribution < 1.29 is 61.0 Å². The van der Waals surface area contributed by atoms with Crippen molar-refractivity contribution in [3.63, 3.8) is 0 Å². The summed E-state index contributed by atoms with van der Waals surface area (Å²) >= 11 is 0. The van der Waals surface area contributed by atoms with E-state index in [1.807, 2.05) is 12.1 Å². The quantitative estimate of drug-likeness (QED) is 0.122. The van der Waals surface area contributed by atoms with Crippen LogP contribution in [0, 0.1) is 0 Å². The van der Waals surface area contributed by atoms with Gasteiger partial charge in [-0.15, -0.1) is 0 Å². The first-order valence-electron chi connectivity index (χ1n) is 14.5. The molecule has 1 heterocycles. The summed E-state index contributed by atoms with van der Waals surface area (Å²) in [5.74, 6) is -2.75. The molecular weight excluding hydrogens is 635 g/mol. The molecule has 4 atom stereocenters. The number of hydrogen-bond donors (Lipinski definition) is 0. The molecule has 0 radical (unpaired) electrons.